The summed E-state index contributed by atoms with van der Waals surface area (Å²) in [6.07, 6.45) is 0. The summed E-state index contributed by atoms with van der Waals surface area (Å²) in [7, 11) is 0. The first-order valence-electron chi connectivity index (χ1n) is 5.93. The van der Waals surface area contributed by atoms with E-state index >= 15 is 0 Å². The zero-order valence-corrected chi connectivity index (χ0v) is 10.7. The van der Waals surface area contributed by atoms with Crippen molar-refractivity contribution in [3.63, 3.8) is 0 Å². The van der Waals surface area contributed by atoms with E-state index in [9.17, 15) is 0 Å². The third-order valence-corrected chi connectivity index (χ3v) is 2.25. The Bertz CT molecular complexity index is 323. The van der Waals surface area contributed by atoms with Crippen molar-refractivity contribution in [1.29, 1.82) is 0 Å². The van der Waals surface area contributed by atoms with Crippen molar-refractivity contribution in [2.45, 2.75) is 33.6 Å². The molecule has 0 spiro atoms. The van der Waals surface area contributed by atoms with Gasteiger partial charge in [0, 0.05) is 30.8 Å². The van der Waals surface area contributed by atoms with Crippen LogP contribution in [0.4, 0.5) is 5.82 Å². The van der Waals surface area contributed by atoms with E-state index in [4.69, 9.17) is 0 Å². The van der Waals surface area contributed by atoms with E-state index < -0.39 is 0 Å². The second kappa shape index (κ2) is 6.43. The molecule has 1 aromatic heterocycles. The topological polar surface area (TPSA) is 49.8 Å². The fourth-order valence-corrected chi connectivity index (χ4v) is 1.40. The van der Waals surface area contributed by atoms with Crippen LogP contribution in [0.25, 0.3) is 0 Å². The van der Waals surface area contributed by atoms with E-state index in [1.54, 1.807) is 0 Å². The summed E-state index contributed by atoms with van der Waals surface area (Å²) in [6.45, 7) is 11.2. The molecule has 0 amide bonds. The first-order valence-corrected chi connectivity index (χ1v) is 5.93. The van der Waals surface area contributed by atoms with Crippen LogP contribution < -0.4 is 10.6 Å². The van der Waals surface area contributed by atoms with Crippen LogP contribution in [0.3, 0.4) is 0 Å². The van der Waals surface area contributed by atoms with Crippen molar-refractivity contribution in [3.8, 4) is 0 Å². The van der Waals surface area contributed by atoms with Gasteiger partial charge in [-0.15, -0.1) is 0 Å². The van der Waals surface area contributed by atoms with Gasteiger partial charge < -0.3 is 10.6 Å². The van der Waals surface area contributed by atoms with Gasteiger partial charge in [-0.2, -0.15) is 0 Å². The molecule has 16 heavy (non-hydrogen) atoms. The smallest absolute Gasteiger partial charge is 0.133 e. The Morgan fingerprint density at radius 3 is 2.62 bits per heavy atom. The van der Waals surface area contributed by atoms with Crippen LogP contribution in [0.5, 0.6) is 0 Å². The number of nitrogens with zero attached hydrogens (tertiary/aromatic N) is 2. The van der Waals surface area contributed by atoms with Crippen molar-refractivity contribution in [2.24, 2.45) is 0 Å². The molecule has 2 N–H and O–H groups in total. The molecule has 0 atom stereocenters. The molecule has 0 aliphatic rings. The Morgan fingerprint density at radius 2 is 2.00 bits per heavy atom. The van der Waals surface area contributed by atoms with Crippen molar-refractivity contribution >= 4 is 5.82 Å². The van der Waals surface area contributed by atoms with Gasteiger partial charge in [0.2, 0.25) is 0 Å². The minimum atomic E-state index is 0.370. The van der Waals surface area contributed by atoms with Crippen LogP contribution in [-0.4, -0.2) is 29.6 Å². The number of aromatic nitrogens is 2. The van der Waals surface area contributed by atoms with Crippen LogP contribution in [0.1, 0.15) is 38.2 Å². The molecular formula is C12H22N4. The molecule has 0 fully saturated rings. The molecule has 1 rings (SSSR count). The second-order valence-corrected chi connectivity index (χ2v) is 4.19. The van der Waals surface area contributed by atoms with Gasteiger partial charge in [-0.25, -0.2) is 9.97 Å². The highest BCUT2D eigenvalue weighted by Gasteiger charge is 2.05. The van der Waals surface area contributed by atoms with Gasteiger partial charge in [0.15, 0.2) is 0 Å². The molecule has 4 heteroatoms. The van der Waals surface area contributed by atoms with Crippen LogP contribution >= 0.6 is 0 Å². The minimum absolute atomic E-state index is 0.370. The summed E-state index contributed by atoms with van der Waals surface area (Å²) in [5.41, 5.74) is 1.02. The highest BCUT2D eigenvalue weighted by atomic mass is 15.0. The Labute approximate surface area is 97.9 Å². The fraction of sp³-hybridized carbons (Fsp3) is 0.667. The van der Waals surface area contributed by atoms with Gasteiger partial charge in [-0.1, -0.05) is 20.8 Å². The van der Waals surface area contributed by atoms with Gasteiger partial charge in [-0.05, 0) is 13.5 Å². The van der Waals surface area contributed by atoms with Crippen LogP contribution in [-0.2, 0) is 0 Å². The highest BCUT2D eigenvalue weighted by Crippen LogP contribution is 2.13. The number of anilines is 1. The fourth-order valence-electron chi connectivity index (χ4n) is 1.40. The van der Waals surface area contributed by atoms with E-state index in [0.717, 1.165) is 37.0 Å². The number of rotatable bonds is 6. The summed E-state index contributed by atoms with van der Waals surface area (Å²) in [6, 6.07) is 1.98. The number of likely N-dealkylation sites (N-methyl/N-ethyl adjacent to an activating group) is 1. The van der Waals surface area contributed by atoms with E-state index in [0.29, 0.717) is 5.92 Å². The summed E-state index contributed by atoms with van der Waals surface area (Å²) in [4.78, 5) is 8.89. The zero-order valence-electron chi connectivity index (χ0n) is 10.7. The van der Waals surface area contributed by atoms with E-state index in [-0.39, 0.29) is 0 Å². The summed E-state index contributed by atoms with van der Waals surface area (Å²) >= 11 is 0. The third-order valence-electron chi connectivity index (χ3n) is 2.25. The molecule has 0 saturated heterocycles. The van der Waals surface area contributed by atoms with Crippen molar-refractivity contribution in [1.82, 2.24) is 15.3 Å². The first-order chi connectivity index (χ1) is 7.63. The SMILES string of the molecule is CCNCCNc1cc(C)nc(C(C)C)n1. The van der Waals surface area contributed by atoms with Gasteiger partial charge in [-0.3, -0.25) is 0 Å². The van der Waals surface area contributed by atoms with E-state index in [1.807, 2.05) is 13.0 Å². The maximum absolute atomic E-state index is 4.48. The van der Waals surface area contributed by atoms with Crippen LogP contribution in [0.15, 0.2) is 6.07 Å². The molecule has 1 aromatic rings. The molecule has 0 unspecified atom stereocenters. The maximum Gasteiger partial charge on any atom is 0.133 e. The van der Waals surface area contributed by atoms with Gasteiger partial charge in [0.25, 0.3) is 0 Å². The van der Waals surface area contributed by atoms with E-state index in [1.165, 1.54) is 0 Å². The molecule has 0 radical (unpaired) electrons. The highest BCUT2D eigenvalue weighted by molar-refractivity contribution is 5.36. The monoisotopic (exact) mass is 222 g/mol. The van der Waals surface area contributed by atoms with Crippen LogP contribution in [0, 0.1) is 6.92 Å². The quantitative estimate of drug-likeness (QED) is 0.722. The summed E-state index contributed by atoms with van der Waals surface area (Å²) in [5, 5.41) is 6.57. The lowest BCUT2D eigenvalue weighted by atomic mass is 10.2. The lowest BCUT2D eigenvalue weighted by Crippen LogP contribution is -2.22. The molecule has 0 aliphatic carbocycles. The molecule has 0 bridgehead atoms. The standard InChI is InChI=1S/C12H22N4/c1-5-13-6-7-14-11-8-10(4)15-12(16-11)9(2)3/h8-9,13H,5-7H2,1-4H3,(H,14,15,16). The van der Waals surface area contributed by atoms with Gasteiger partial charge >= 0.3 is 0 Å². The summed E-state index contributed by atoms with van der Waals surface area (Å²) < 4.78 is 0. The van der Waals surface area contributed by atoms with Gasteiger partial charge in [0.1, 0.15) is 11.6 Å². The number of aryl methyl sites for hydroxylation is 1. The molecule has 90 valence electrons. The number of hydrogen-bond acceptors (Lipinski definition) is 4. The predicted octanol–water partition coefficient (Wildman–Crippen LogP) is 1.93. The lowest BCUT2D eigenvalue weighted by molar-refractivity contribution is 0.732. The third kappa shape index (κ3) is 4.14. The number of hydrogen-bond donors (Lipinski definition) is 2. The Hall–Kier alpha value is -1.16. The molecule has 4 nitrogen and oxygen atoms in total. The Balaban J connectivity index is 2.58. The molecule has 0 saturated carbocycles. The Morgan fingerprint density at radius 1 is 1.25 bits per heavy atom. The minimum Gasteiger partial charge on any atom is -0.369 e. The average Bonchev–Trinajstić information content (AvgIpc) is 2.23. The second-order valence-electron chi connectivity index (χ2n) is 4.19. The summed E-state index contributed by atoms with van der Waals surface area (Å²) in [5.74, 6) is 2.20. The Kier molecular flexibility index (Phi) is 5.19. The maximum atomic E-state index is 4.48. The van der Waals surface area contributed by atoms with Crippen molar-refractivity contribution < 1.29 is 0 Å². The van der Waals surface area contributed by atoms with E-state index in [2.05, 4.69) is 41.4 Å². The molecule has 0 aliphatic heterocycles. The van der Waals surface area contributed by atoms with Crippen LogP contribution in [0.2, 0.25) is 0 Å². The average molecular weight is 222 g/mol. The zero-order chi connectivity index (χ0) is 12.0. The number of nitrogens with one attached hydrogen (secondary N) is 2. The van der Waals surface area contributed by atoms with Crippen molar-refractivity contribution in [2.75, 3.05) is 25.0 Å². The lowest BCUT2D eigenvalue weighted by Gasteiger charge is -2.10. The van der Waals surface area contributed by atoms with Crippen molar-refractivity contribution in [3.05, 3.63) is 17.6 Å². The van der Waals surface area contributed by atoms with Gasteiger partial charge in [0.05, 0.1) is 0 Å². The predicted molar refractivity (Wildman–Crippen MR) is 67.9 cm³/mol. The normalized spacial score (nSPS) is 10.8. The molecular weight excluding hydrogens is 200 g/mol. The molecule has 0 aromatic carbocycles. The molecule has 1 heterocycles. The first kappa shape index (κ1) is 12.9. The largest absolute Gasteiger partial charge is 0.369 e.